The van der Waals surface area contributed by atoms with Gasteiger partial charge in [-0.2, -0.15) is 0 Å². The minimum Gasteiger partial charge on any atom is -0.385 e. The number of hydrogen-bond donors (Lipinski definition) is 3. The lowest BCUT2D eigenvalue weighted by Crippen LogP contribution is -2.22. The van der Waals surface area contributed by atoms with Crippen LogP contribution in [-0.2, 0) is 4.74 Å². The van der Waals surface area contributed by atoms with Gasteiger partial charge in [0.05, 0.1) is 0 Å². The molecule has 1 aromatic rings. The number of ether oxygens (including phenoxy) is 1. The van der Waals surface area contributed by atoms with E-state index in [4.69, 9.17) is 4.74 Å². The van der Waals surface area contributed by atoms with E-state index in [-0.39, 0.29) is 0 Å². The maximum Gasteiger partial charge on any atom is 0.131 e. The average Bonchev–Trinajstić information content (AvgIpc) is 2.88. The van der Waals surface area contributed by atoms with Gasteiger partial charge in [-0.25, -0.2) is 9.97 Å². The summed E-state index contributed by atoms with van der Waals surface area (Å²) < 4.78 is 5.00. The summed E-state index contributed by atoms with van der Waals surface area (Å²) in [4.78, 5) is 8.43. The predicted molar refractivity (Wildman–Crippen MR) is 71.9 cm³/mol. The first-order valence-corrected chi connectivity index (χ1v) is 6.40. The molecule has 1 unspecified atom stereocenters. The first-order valence-electron chi connectivity index (χ1n) is 6.40. The third-order valence-corrected chi connectivity index (χ3v) is 2.91. The van der Waals surface area contributed by atoms with E-state index in [2.05, 4.69) is 25.9 Å². The van der Waals surface area contributed by atoms with Gasteiger partial charge >= 0.3 is 0 Å². The van der Waals surface area contributed by atoms with Gasteiger partial charge in [0.1, 0.15) is 18.0 Å². The minimum atomic E-state index is 0.473. The number of nitrogens with zero attached hydrogens (tertiary/aromatic N) is 2. The number of rotatable bonds is 7. The Labute approximate surface area is 108 Å². The highest BCUT2D eigenvalue weighted by Gasteiger charge is 2.14. The Morgan fingerprint density at radius 2 is 2.33 bits per heavy atom. The number of hydrogen-bond acceptors (Lipinski definition) is 6. The Kier molecular flexibility index (Phi) is 5.16. The van der Waals surface area contributed by atoms with Crippen LogP contribution < -0.4 is 16.0 Å². The summed E-state index contributed by atoms with van der Waals surface area (Å²) in [6.07, 6.45) is 3.69. The summed E-state index contributed by atoms with van der Waals surface area (Å²) in [5, 5.41) is 9.98. The lowest BCUT2D eigenvalue weighted by Gasteiger charge is -2.12. The first kappa shape index (κ1) is 13.0. The molecule has 1 atom stereocenters. The lowest BCUT2D eigenvalue weighted by molar-refractivity contribution is 0.198. The van der Waals surface area contributed by atoms with Crippen LogP contribution in [0.2, 0.25) is 0 Å². The van der Waals surface area contributed by atoms with E-state index in [9.17, 15) is 0 Å². The zero-order valence-electron chi connectivity index (χ0n) is 10.8. The molecular weight excluding hydrogens is 230 g/mol. The number of aromatic nitrogens is 2. The summed E-state index contributed by atoms with van der Waals surface area (Å²) in [6.45, 7) is 3.69. The van der Waals surface area contributed by atoms with E-state index in [0.29, 0.717) is 6.04 Å². The Bertz CT molecular complexity index is 354. The van der Waals surface area contributed by atoms with E-state index in [1.807, 2.05) is 6.07 Å². The van der Waals surface area contributed by atoms with Gasteiger partial charge in [-0.3, -0.25) is 0 Å². The smallest absolute Gasteiger partial charge is 0.131 e. The second-order valence-electron chi connectivity index (χ2n) is 4.40. The Morgan fingerprint density at radius 3 is 3.11 bits per heavy atom. The monoisotopic (exact) mass is 251 g/mol. The second-order valence-corrected chi connectivity index (χ2v) is 4.40. The number of anilines is 2. The molecule has 2 heterocycles. The summed E-state index contributed by atoms with van der Waals surface area (Å²) in [7, 11) is 1.71. The summed E-state index contributed by atoms with van der Waals surface area (Å²) in [5.41, 5.74) is 0. The van der Waals surface area contributed by atoms with Gasteiger partial charge in [-0.05, 0) is 19.4 Å². The summed E-state index contributed by atoms with van der Waals surface area (Å²) >= 11 is 0. The molecule has 0 aromatic carbocycles. The second kappa shape index (κ2) is 7.13. The highest BCUT2D eigenvalue weighted by atomic mass is 16.5. The van der Waals surface area contributed by atoms with Gasteiger partial charge in [0.25, 0.3) is 0 Å². The third-order valence-electron chi connectivity index (χ3n) is 2.91. The van der Waals surface area contributed by atoms with Crippen molar-refractivity contribution in [3.05, 3.63) is 12.4 Å². The number of methoxy groups -OCH3 is 1. The molecule has 0 aliphatic carbocycles. The quantitative estimate of drug-likeness (QED) is 0.620. The molecule has 1 aliphatic heterocycles. The van der Waals surface area contributed by atoms with Crippen molar-refractivity contribution < 1.29 is 4.74 Å². The molecule has 6 heteroatoms. The molecule has 6 nitrogen and oxygen atoms in total. The molecule has 100 valence electrons. The largest absolute Gasteiger partial charge is 0.385 e. The van der Waals surface area contributed by atoms with Gasteiger partial charge in [0.2, 0.25) is 0 Å². The van der Waals surface area contributed by atoms with Crippen LogP contribution in [0, 0.1) is 0 Å². The molecule has 2 rings (SSSR count). The van der Waals surface area contributed by atoms with Crippen molar-refractivity contribution in [2.45, 2.75) is 18.9 Å². The zero-order chi connectivity index (χ0) is 12.6. The zero-order valence-corrected chi connectivity index (χ0v) is 10.8. The van der Waals surface area contributed by atoms with Crippen molar-refractivity contribution in [2.75, 3.05) is 44.0 Å². The van der Waals surface area contributed by atoms with E-state index >= 15 is 0 Å². The Balaban J connectivity index is 1.80. The maximum absolute atomic E-state index is 5.00. The van der Waals surface area contributed by atoms with Gasteiger partial charge in [0.15, 0.2) is 0 Å². The molecule has 0 amide bonds. The van der Waals surface area contributed by atoms with Gasteiger partial charge in [-0.15, -0.1) is 0 Å². The molecule has 0 saturated carbocycles. The molecule has 0 spiro atoms. The fourth-order valence-corrected chi connectivity index (χ4v) is 1.95. The van der Waals surface area contributed by atoms with E-state index in [0.717, 1.165) is 50.7 Å². The molecule has 0 radical (unpaired) electrons. The summed E-state index contributed by atoms with van der Waals surface area (Å²) in [6, 6.07) is 2.42. The van der Waals surface area contributed by atoms with Crippen molar-refractivity contribution in [3.63, 3.8) is 0 Å². The van der Waals surface area contributed by atoms with Gasteiger partial charge in [0, 0.05) is 38.9 Å². The normalized spacial score (nSPS) is 18.8. The highest BCUT2D eigenvalue weighted by molar-refractivity contribution is 5.47. The standard InChI is InChI=1S/C12H21N5O/c1-18-6-2-4-14-11-7-12(16-9-15-11)17-10-3-5-13-8-10/h7,9-10,13H,2-6,8H2,1H3,(H2,14,15,16,17). The van der Waals surface area contributed by atoms with Crippen LogP contribution in [0.25, 0.3) is 0 Å². The van der Waals surface area contributed by atoms with E-state index in [1.165, 1.54) is 0 Å². The third kappa shape index (κ3) is 4.12. The molecule has 1 aromatic heterocycles. The van der Waals surface area contributed by atoms with Crippen LogP contribution in [0.5, 0.6) is 0 Å². The van der Waals surface area contributed by atoms with Crippen LogP contribution in [0.3, 0.4) is 0 Å². The van der Waals surface area contributed by atoms with Crippen LogP contribution in [-0.4, -0.2) is 49.4 Å². The Hall–Kier alpha value is -1.40. The van der Waals surface area contributed by atoms with Crippen molar-refractivity contribution in [3.8, 4) is 0 Å². The van der Waals surface area contributed by atoms with Gasteiger partial charge < -0.3 is 20.7 Å². The number of nitrogens with one attached hydrogen (secondary N) is 3. The SMILES string of the molecule is COCCCNc1cc(NC2CCNC2)ncn1. The highest BCUT2D eigenvalue weighted by Crippen LogP contribution is 2.12. The van der Waals surface area contributed by atoms with Crippen molar-refractivity contribution in [1.82, 2.24) is 15.3 Å². The predicted octanol–water partition coefficient (Wildman–Crippen LogP) is 0.699. The molecule has 1 fully saturated rings. The molecule has 0 bridgehead atoms. The fraction of sp³-hybridized carbons (Fsp3) is 0.667. The topological polar surface area (TPSA) is 71.1 Å². The molecular formula is C12H21N5O. The molecule has 1 saturated heterocycles. The first-order chi connectivity index (χ1) is 8.88. The van der Waals surface area contributed by atoms with Crippen LogP contribution in [0.1, 0.15) is 12.8 Å². The fourth-order valence-electron chi connectivity index (χ4n) is 1.95. The summed E-state index contributed by atoms with van der Waals surface area (Å²) in [5.74, 6) is 1.74. The minimum absolute atomic E-state index is 0.473. The maximum atomic E-state index is 5.00. The van der Waals surface area contributed by atoms with Gasteiger partial charge in [-0.1, -0.05) is 0 Å². The van der Waals surface area contributed by atoms with E-state index in [1.54, 1.807) is 13.4 Å². The van der Waals surface area contributed by atoms with Crippen molar-refractivity contribution in [2.24, 2.45) is 0 Å². The van der Waals surface area contributed by atoms with Crippen molar-refractivity contribution >= 4 is 11.6 Å². The molecule has 1 aliphatic rings. The Morgan fingerprint density at radius 1 is 1.44 bits per heavy atom. The molecule has 18 heavy (non-hydrogen) atoms. The van der Waals surface area contributed by atoms with Crippen LogP contribution in [0.15, 0.2) is 12.4 Å². The molecule has 3 N–H and O–H groups in total. The van der Waals surface area contributed by atoms with E-state index < -0.39 is 0 Å². The average molecular weight is 251 g/mol. The lowest BCUT2D eigenvalue weighted by atomic mass is 10.2. The van der Waals surface area contributed by atoms with Crippen molar-refractivity contribution in [1.29, 1.82) is 0 Å². The van der Waals surface area contributed by atoms with Crippen LogP contribution in [0.4, 0.5) is 11.6 Å². The van der Waals surface area contributed by atoms with Crippen LogP contribution >= 0.6 is 0 Å².